The summed E-state index contributed by atoms with van der Waals surface area (Å²) >= 11 is 0. The van der Waals surface area contributed by atoms with Crippen molar-refractivity contribution in [3.63, 3.8) is 0 Å². The van der Waals surface area contributed by atoms with Crippen molar-refractivity contribution in [1.29, 1.82) is 0 Å². The minimum atomic E-state index is -1.93. The van der Waals surface area contributed by atoms with Crippen molar-refractivity contribution in [2.45, 2.75) is 11.8 Å². The first-order chi connectivity index (χ1) is 28.3. The second kappa shape index (κ2) is 14.4. The molecule has 4 unspecified atom stereocenters. The van der Waals surface area contributed by atoms with Gasteiger partial charge in [-0.2, -0.15) is 0 Å². The van der Waals surface area contributed by atoms with Gasteiger partial charge in [-0.25, -0.2) is 0 Å². The zero-order chi connectivity index (χ0) is 37.7. The Hall–Kier alpha value is -6.11. The van der Waals surface area contributed by atoms with Crippen molar-refractivity contribution >= 4 is 65.8 Å². The first-order valence-corrected chi connectivity index (χ1v) is 22.1. The SMILES string of the molecule is C1=CC2C=Cc3op(Oc4ccc5ccccc5c4-c4c(P(c5ccccc5)c5ccccc5)ccc5ccccc45)oc4c(c3C2C=C1)C1C=CC=CC1C=C4. The van der Waals surface area contributed by atoms with Crippen molar-refractivity contribution in [1.82, 2.24) is 0 Å². The highest BCUT2D eigenvalue weighted by Gasteiger charge is 2.36. The third kappa shape index (κ3) is 6.02. The van der Waals surface area contributed by atoms with Gasteiger partial charge in [0.25, 0.3) is 0 Å². The van der Waals surface area contributed by atoms with E-state index in [2.05, 4.69) is 206 Å². The molecule has 11 rings (SSSR count). The molecular formula is C52H38O3P2. The molecule has 0 N–H and O–H groups in total. The Morgan fingerprint density at radius 2 is 0.947 bits per heavy atom. The van der Waals surface area contributed by atoms with Crippen LogP contribution in [0.5, 0.6) is 5.75 Å². The zero-order valence-electron chi connectivity index (χ0n) is 31.1. The maximum atomic E-state index is 7.22. The molecule has 0 aliphatic heterocycles. The Bertz CT molecular complexity index is 2800. The lowest BCUT2D eigenvalue weighted by molar-refractivity contribution is 0.464. The van der Waals surface area contributed by atoms with Gasteiger partial charge >= 0.3 is 8.24 Å². The van der Waals surface area contributed by atoms with E-state index in [-0.39, 0.29) is 23.7 Å². The van der Waals surface area contributed by atoms with Crippen LogP contribution < -0.4 is 20.4 Å². The van der Waals surface area contributed by atoms with E-state index >= 15 is 0 Å². The molecule has 0 spiro atoms. The lowest BCUT2D eigenvalue weighted by atomic mass is 9.71. The summed E-state index contributed by atoms with van der Waals surface area (Å²) < 4.78 is 21.2. The average Bonchev–Trinajstić information content (AvgIpc) is 3.44. The standard InChI is InChI=1S/C52H38O3P2/c1-3-19-39(20-4-1)56(40-21-5-2-6-22-40)48-34-30-38-18-10-14-26-44(38)52(48)51-43-25-13-9-17-37(43)29-33-47(51)55-57-53-45-31-27-35-15-7-11-23-41(35)49(45)50-42-24-12-8-16-36(42)28-32-46(50)54-57/h1-36,41-42H. The van der Waals surface area contributed by atoms with Gasteiger partial charge in [-0.1, -0.05) is 188 Å². The first kappa shape index (κ1) is 34.2. The highest BCUT2D eigenvalue weighted by atomic mass is 31.1. The van der Waals surface area contributed by atoms with Crippen LogP contribution in [0.3, 0.4) is 0 Å². The van der Waals surface area contributed by atoms with E-state index in [1.165, 1.54) is 43.4 Å². The number of benzene rings is 6. The molecule has 7 aromatic rings. The summed E-state index contributed by atoms with van der Waals surface area (Å²) in [5.41, 5.74) is 4.60. The van der Waals surface area contributed by atoms with E-state index in [1.54, 1.807) is 0 Å². The fourth-order valence-electron chi connectivity index (χ4n) is 9.06. The van der Waals surface area contributed by atoms with Crippen LogP contribution in [0.1, 0.15) is 34.5 Å². The second-order valence-electron chi connectivity index (χ2n) is 14.9. The molecule has 4 aliphatic rings. The normalized spacial score (nSPS) is 20.0. The summed E-state index contributed by atoms with van der Waals surface area (Å²) in [5.74, 6) is 3.19. The molecule has 0 bridgehead atoms. The average molecular weight is 773 g/mol. The highest BCUT2D eigenvalue weighted by Crippen LogP contribution is 2.52. The number of fused-ring (bicyclic) bond motifs is 9. The van der Waals surface area contributed by atoms with Crippen LogP contribution in [0.25, 0.3) is 44.8 Å². The maximum Gasteiger partial charge on any atom is 0.453 e. The maximum absolute atomic E-state index is 7.22. The van der Waals surface area contributed by atoms with Gasteiger partial charge in [-0.05, 0) is 63.6 Å². The van der Waals surface area contributed by atoms with Crippen LogP contribution in [0.15, 0.2) is 203 Å². The molecule has 0 saturated carbocycles. The topological polar surface area (TPSA) is 35.5 Å². The van der Waals surface area contributed by atoms with Crippen LogP contribution >= 0.6 is 16.2 Å². The van der Waals surface area contributed by atoms with E-state index in [1.807, 2.05) is 0 Å². The molecule has 1 aromatic heterocycles. The summed E-state index contributed by atoms with van der Waals surface area (Å²) in [6.07, 6.45) is 26.6. The Balaban J connectivity index is 1.17. The third-order valence-corrected chi connectivity index (χ3v) is 15.1. The summed E-state index contributed by atoms with van der Waals surface area (Å²) in [5, 5.41) is 8.47. The molecule has 1 heterocycles. The number of rotatable bonds is 6. The Labute approximate surface area is 334 Å². The van der Waals surface area contributed by atoms with Crippen LogP contribution in [0, 0.1) is 11.8 Å². The fraction of sp³-hybridized carbons (Fsp3) is 0.0769. The summed E-state index contributed by atoms with van der Waals surface area (Å²) in [7, 11) is -2.89. The van der Waals surface area contributed by atoms with Gasteiger partial charge < -0.3 is 12.9 Å². The summed E-state index contributed by atoms with van der Waals surface area (Å²) in [6, 6.07) is 48.1. The van der Waals surface area contributed by atoms with Gasteiger partial charge in [0.05, 0.1) is 0 Å². The van der Waals surface area contributed by atoms with Crippen molar-refractivity contribution in [2.75, 3.05) is 0 Å². The predicted octanol–water partition coefficient (Wildman–Crippen LogP) is 13.3. The number of hydrogen-bond donors (Lipinski definition) is 0. The lowest BCUT2D eigenvalue weighted by Gasteiger charge is -2.32. The molecule has 3 nitrogen and oxygen atoms in total. The van der Waals surface area contributed by atoms with E-state index in [0.29, 0.717) is 0 Å². The second-order valence-corrected chi connectivity index (χ2v) is 18.0. The quantitative estimate of drug-likeness (QED) is 0.158. The fourth-order valence-corrected chi connectivity index (χ4v) is 12.6. The number of hydrogen-bond acceptors (Lipinski definition) is 3. The molecule has 6 aromatic carbocycles. The predicted molar refractivity (Wildman–Crippen MR) is 240 cm³/mol. The zero-order valence-corrected chi connectivity index (χ0v) is 32.8. The van der Waals surface area contributed by atoms with Crippen LogP contribution in [0.2, 0.25) is 0 Å². The minimum Gasteiger partial charge on any atom is -0.390 e. The number of allylic oxidation sites excluding steroid dienone is 10. The largest absolute Gasteiger partial charge is 0.453 e. The van der Waals surface area contributed by atoms with Gasteiger partial charge in [0.2, 0.25) is 0 Å². The third-order valence-electron chi connectivity index (χ3n) is 11.6. The Morgan fingerprint density at radius 1 is 0.456 bits per heavy atom. The molecule has 0 radical (unpaired) electrons. The van der Waals surface area contributed by atoms with E-state index in [9.17, 15) is 0 Å². The Morgan fingerprint density at radius 3 is 1.53 bits per heavy atom. The molecule has 4 atom stereocenters. The van der Waals surface area contributed by atoms with Crippen LogP contribution in [-0.2, 0) is 0 Å². The van der Waals surface area contributed by atoms with Gasteiger partial charge in [0.1, 0.15) is 17.3 Å². The molecule has 5 heteroatoms. The van der Waals surface area contributed by atoms with Gasteiger partial charge in [0, 0.05) is 45.9 Å². The highest BCUT2D eigenvalue weighted by molar-refractivity contribution is 7.80. The Kier molecular flexibility index (Phi) is 8.65. The van der Waals surface area contributed by atoms with Crippen LogP contribution in [0.4, 0.5) is 0 Å². The molecule has 0 amide bonds. The smallest absolute Gasteiger partial charge is 0.390 e. The van der Waals surface area contributed by atoms with Gasteiger partial charge in [-0.15, -0.1) is 0 Å². The van der Waals surface area contributed by atoms with E-state index in [4.69, 9.17) is 12.9 Å². The van der Waals surface area contributed by atoms with Crippen molar-refractivity contribution in [2.24, 2.45) is 11.8 Å². The van der Waals surface area contributed by atoms with Gasteiger partial charge in [-0.3, -0.25) is 0 Å². The summed E-state index contributed by atoms with van der Waals surface area (Å²) in [6.45, 7) is 0. The molecule has 4 aliphatic carbocycles. The first-order valence-electron chi connectivity index (χ1n) is 19.6. The molecule has 0 saturated heterocycles. The van der Waals surface area contributed by atoms with E-state index in [0.717, 1.165) is 33.6 Å². The van der Waals surface area contributed by atoms with Crippen molar-refractivity contribution in [3.05, 3.63) is 217 Å². The van der Waals surface area contributed by atoms with Crippen molar-refractivity contribution in [3.8, 4) is 16.9 Å². The molecule has 274 valence electrons. The monoisotopic (exact) mass is 772 g/mol. The molecular weight excluding hydrogens is 735 g/mol. The molecule has 57 heavy (non-hydrogen) atoms. The van der Waals surface area contributed by atoms with E-state index < -0.39 is 16.2 Å². The lowest BCUT2D eigenvalue weighted by Crippen LogP contribution is -2.22. The van der Waals surface area contributed by atoms with Crippen LogP contribution in [-0.4, -0.2) is 0 Å². The summed E-state index contributed by atoms with van der Waals surface area (Å²) in [4.78, 5) is 0. The molecule has 0 fully saturated rings. The van der Waals surface area contributed by atoms with Crippen molar-refractivity contribution < 1.29 is 12.9 Å². The minimum absolute atomic E-state index is 0.148. The van der Waals surface area contributed by atoms with Gasteiger partial charge in [0.15, 0.2) is 0 Å².